The Labute approximate surface area is 126 Å². The maximum absolute atomic E-state index is 11.6. The first-order chi connectivity index (χ1) is 10.6. The monoisotopic (exact) mass is 304 g/mol. The van der Waals surface area contributed by atoms with E-state index in [0.717, 1.165) is 11.3 Å². The zero-order valence-electron chi connectivity index (χ0n) is 12.0. The molecular weight excluding hydrogens is 288 g/mol. The van der Waals surface area contributed by atoms with Crippen molar-refractivity contribution >= 4 is 29.3 Å². The molecule has 1 aliphatic heterocycles. The molecular formula is C14H16N4O4. The lowest BCUT2D eigenvalue weighted by Crippen LogP contribution is -2.26. The third-order valence-electron chi connectivity index (χ3n) is 2.94. The highest BCUT2D eigenvalue weighted by molar-refractivity contribution is 6.04. The lowest BCUT2D eigenvalue weighted by Gasteiger charge is -2.12. The van der Waals surface area contributed by atoms with Crippen molar-refractivity contribution in [3.05, 3.63) is 29.8 Å². The zero-order chi connectivity index (χ0) is 15.9. The molecule has 0 aromatic heterocycles. The molecule has 0 aliphatic carbocycles. The van der Waals surface area contributed by atoms with E-state index in [1.165, 1.54) is 7.05 Å². The van der Waals surface area contributed by atoms with E-state index in [2.05, 4.69) is 25.9 Å². The average Bonchev–Trinajstić information content (AvgIpc) is 2.54. The third-order valence-corrected chi connectivity index (χ3v) is 2.94. The molecule has 1 aliphatic rings. The van der Waals surface area contributed by atoms with Gasteiger partial charge in [-0.1, -0.05) is 12.1 Å². The molecule has 8 nitrogen and oxygen atoms in total. The molecule has 0 radical (unpaired) electrons. The fraction of sp³-hybridized carbons (Fsp3) is 0.286. The molecule has 0 spiro atoms. The number of alkyl carbamates (subject to hydrolysis) is 1. The lowest BCUT2D eigenvalue weighted by atomic mass is 10.0. The topological polar surface area (TPSA) is 109 Å². The largest absolute Gasteiger partial charge is 0.439 e. The molecule has 2 rings (SSSR count). The number of nitrogens with zero attached hydrogens (tertiary/aromatic N) is 1. The van der Waals surface area contributed by atoms with Gasteiger partial charge in [-0.15, -0.1) is 0 Å². The van der Waals surface area contributed by atoms with Crippen molar-refractivity contribution in [3.63, 3.8) is 0 Å². The van der Waals surface area contributed by atoms with E-state index in [4.69, 9.17) is 0 Å². The van der Waals surface area contributed by atoms with Crippen LogP contribution in [0.4, 0.5) is 10.5 Å². The van der Waals surface area contributed by atoms with Gasteiger partial charge in [0.15, 0.2) is 6.61 Å². The Hall–Kier alpha value is -2.90. The second kappa shape index (κ2) is 7.21. The highest BCUT2D eigenvalue weighted by Gasteiger charge is 2.13. The molecule has 3 N–H and O–H groups in total. The molecule has 0 saturated heterocycles. The second-order valence-electron chi connectivity index (χ2n) is 4.55. The third kappa shape index (κ3) is 4.30. The van der Waals surface area contributed by atoms with Crippen LogP contribution < -0.4 is 16.1 Å². The van der Waals surface area contributed by atoms with Gasteiger partial charge in [0.1, 0.15) is 0 Å². The van der Waals surface area contributed by atoms with Crippen LogP contribution in [0.3, 0.4) is 0 Å². The predicted octanol–water partition coefficient (Wildman–Crippen LogP) is 0.595. The number of hydrogen-bond acceptors (Lipinski definition) is 5. The highest BCUT2D eigenvalue weighted by Crippen LogP contribution is 2.14. The van der Waals surface area contributed by atoms with E-state index < -0.39 is 12.0 Å². The van der Waals surface area contributed by atoms with Crippen LogP contribution in [0.1, 0.15) is 18.4 Å². The molecule has 3 amide bonds. The minimum Gasteiger partial charge on any atom is -0.439 e. The number of carbonyl (C=O) groups is 3. The van der Waals surface area contributed by atoms with Gasteiger partial charge in [-0.3, -0.25) is 9.59 Å². The Balaban J connectivity index is 1.90. The minimum absolute atomic E-state index is 0.0938. The van der Waals surface area contributed by atoms with Gasteiger partial charge in [0.2, 0.25) is 5.91 Å². The molecule has 22 heavy (non-hydrogen) atoms. The number of hydrazone groups is 1. The average molecular weight is 304 g/mol. The number of nitrogens with one attached hydrogen (secondary N) is 3. The van der Waals surface area contributed by atoms with Crippen molar-refractivity contribution in [3.8, 4) is 0 Å². The van der Waals surface area contributed by atoms with E-state index >= 15 is 0 Å². The number of amides is 3. The van der Waals surface area contributed by atoms with Crippen LogP contribution in [0.2, 0.25) is 0 Å². The number of benzene rings is 1. The summed E-state index contributed by atoms with van der Waals surface area (Å²) in [6.45, 7) is -0.361. The van der Waals surface area contributed by atoms with Gasteiger partial charge in [-0.25, -0.2) is 10.2 Å². The van der Waals surface area contributed by atoms with E-state index in [9.17, 15) is 14.4 Å². The van der Waals surface area contributed by atoms with E-state index in [-0.39, 0.29) is 12.5 Å². The number of rotatable bonds is 4. The maximum Gasteiger partial charge on any atom is 0.407 e. The molecule has 1 heterocycles. The molecule has 0 fully saturated rings. The Morgan fingerprint density at radius 2 is 2.00 bits per heavy atom. The summed E-state index contributed by atoms with van der Waals surface area (Å²) in [5, 5.41) is 8.85. The normalized spacial score (nSPS) is 13.7. The fourth-order valence-corrected chi connectivity index (χ4v) is 1.83. The van der Waals surface area contributed by atoms with Crippen LogP contribution >= 0.6 is 0 Å². The van der Waals surface area contributed by atoms with Crippen molar-refractivity contribution < 1.29 is 19.1 Å². The van der Waals surface area contributed by atoms with Crippen molar-refractivity contribution in [2.45, 2.75) is 12.8 Å². The molecule has 1 aromatic rings. The standard InChI is InChI=1S/C14H16N4O4/c1-15-14(21)22-8-13(20)16-10-4-2-9(3-5-10)11-6-7-12(19)18-17-11/h2-5H,6-8H2,1H3,(H,15,21)(H,16,20)(H,18,19). The SMILES string of the molecule is CNC(=O)OCC(=O)Nc1ccc(C2=NNC(=O)CC2)cc1. The maximum atomic E-state index is 11.6. The first-order valence-corrected chi connectivity index (χ1v) is 6.68. The number of hydrogen-bond donors (Lipinski definition) is 3. The molecule has 116 valence electrons. The van der Waals surface area contributed by atoms with E-state index in [1.807, 2.05) is 0 Å². The molecule has 0 saturated carbocycles. The van der Waals surface area contributed by atoms with Gasteiger partial charge in [0.05, 0.1) is 5.71 Å². The summed E-state index contributed by atoms with van der Waals surface area (Å²) in [6, 6.07) is 7.02. The van der Waals surface area contributed by atoms with Crippen molar-refractivity contribution in [1.29, 1.82) is 0 Å². The first kappa shape index (κ1) is 15.5. The Morgan fingerprint density at radius 3 is 2.59 bits per heavy atom. The Kier molecular flexibility index (Phi) is 5.07. The van der Waals surface area contributed by atoms with Crippen LogP contribution in [0.15, 0.2) is 29.4 Å². The van der Waals surface area contributed by atoms with Gasteiger partial charge in [-0.05, 0) is 17.7 Å². The summed E-state index contributed by atoms with van der Waals surface area (Å²) in [5.74, 6) is -0.526. The first-order valence-electron chi connectivity index (χ1n) is 6.68. The number of anilines is 1. The zero-order valence-corrected chi connectivity index (χ0v) is 12.0. The van der Waals surface area contributed by atoms with Crippen molar-refractivity contribution in [2.24, 2.45) is 5.10 Å². The Morgan fingerprint density at radius 1 is 1.27 bits per heavy atom. The number of carbonyl (C=O) groups excluding carboxylic acids is 3. The van der Waals surface area contributed by atoms with E-state index in [1.54, 1.807) is 24.3 Å². The van der Waals surface area contributed by atoms with Crippen LogP contribution in [-0.4, -0.2) is 37.3 Å². The van der Waals surface area contributed by atoms with Gasteiger partial charge in [0, 0.05) is 25.6 Å². The molecule has 0 unspecified atom stereocenters. The van der Waals surface area contributed by atoms with Crippen molar-refractivity contribution in [1.82, 2.24) is 10.7 Å². The summed E-state index contributed by atoms with van der Waals surface area (Å²) >= 11 is 0. The van der Waals surface area contributed by atoms with Crippen LogP contribution in [-0.2, 0) is 14.3 Å². The predicted molar refractivity (Wildman–Crippen MR) is 79.4 cm³/mol. The molecule has 8 heteroatoms. The van der Waals surface area contributed by atoms with Crippen LogP contribution in [0, 0.1) is 0 Å². The Bertz CT molecular complexity index is 610. The second-order valence-corrected chi connectivity index (χ2v) is 4.55. The summed E-state index contributed by atoms with van der Waals surface area (Å²) in [7, 11) is 1.41. The summed E-state index contributed by atoms with van der Waals surface area (Å²) in [4.78, 5) is 33.5. The smallest absolute Gasteiger partial charge is 0.407 e. The number of ether oxygens (including phenoxy) is 1. The van der Waals surface area contributed by atoms with Gasteiger partial charge in [-0.2, -0.15) is 5.10 Å². The summed E-state index contributed by atoms with van der Waals surface area (Å²) < 4.78 is 4.63. The molecule has 0 bridgehead atoms. The quantitative estimate of drug-likeness (QED) is 0.756. The van der Waals surface area contributed by atoms with E-state index in [0.29, 0.717) is 18.5 Å². The highest BCUT2D eigenvalue weighted by atomic mass is 16.6. The van der Waals surface area contributed by atoms with Gasteiger partial charge >= 0.3 is 6.09 Å². The minimum atomic E-state index is -0.664. The lowest BCUT2D eigenvalue weighted by molar-refractivity contribution is -0.121. The molecule has 1 aromatic carbocycles. The van der Waals surface area contributed by atoms with Crippen molar-refractivity contribution in [2.75, 3.05) is 19.0 Å². The summed E-state index contributed by atoms with van der Waals surface area (Å²) in [5.41, 5.74) is 4.68. The fourth-order valence-electron chi connectivity index (χ4n) is 1.83. The van der Waals surface area contributed by atoms with Gasteiger partial charge < -0.3 is 15.4 Å². The van der Waals surface area contributed by atoms with Crippen LogP contribution in [0.5, 0.6) is 0 Å². The molecule has 0 atom stereocenters. The summed E-state index contributed by atoms with van der Waals surface area (Å²) in [6.07, 6.45) is 0.328. The van der Waals surface area contributed by atoms with Gasteiger partial charge in [0.25, 0.3) is 5.91 Å². The van der Waals surface area contributed by atoms with Crippen LogP contribution in [0.25, 0.3) is 0 Å².